The molecule has 0 N–H and O–H groups in total. The Labute approximate surface area is 213 Å². The van der Waals surface area contributed by atoms with Gasteiger partial charge in [0.05, 0.1) is 42.5 Å². The molecule has 2 aliphatic rings. The molecule has 33 heavy (non-hydrogen) atoms. The van der Waals surface area contributed by atoms with Gasteiger partial charge in [0.2, 0.25) is 19.6 Å². The van der Waals surface area contributed by atoms with Crippen LogP contribution in [0.2, 0.25) is 0 Å². The van der Waals surface area contributed by atoms with E-state index in [9.17, 15) is 0 Å². The van der Waals surface area contributed by atoms with Crippen molar-refractivity contribution in [1.29, 1.82) is 0 Å². The molecule has 2 heterocycles. The summed E-state index contributed by atoms with van der Waals surface area (Å²) in [5.41, 5.74) is 0. The summed E-state index contributed by atoms with van der Waals surface area (Å²) in [7, 11) is 0.731. The van der Waals surface area contributed by atoms with Crippen LogP contribution in [-0.2, 0) is 32.7 Å². The van der Waals surface area contributed by atoms with E-state index in [1.54, 1.807) is 0 Å². The van der Waals surface area contributed by atoms with Gasteiger partial charge in [-0.2, -0.15) is 0 Å². The first kappa shape index (κ1) is 25.9. The summed E-state index contributed by atoms with van der Waals surface area (Å²) >= 11 is 1.89. The molecule has 4 aromatic rings. The van der Waals surface area contributed by atoms with E-state index in [4.69, 9.17) is 0 Å². The molecule has 0 nitrogen and oxygen atoms in total. The van der Waals surface area contributed by atoms with Crippen molar-refractivity contribution in [3.05, 3.63) is 97.1 Å². The highest BCUT2D eigenvalue weighted by molar-refractivity contribution is 8.03. The van der Waals surface area contributed by atoms with Gasteiger partial charge in [-0.3, -0.25) is 0 Å². The van der Waals surface area contributed by atoms with Crippen LogP contribution in [0, 0.1) is 0 Å². The van der Waals surface area contributed by atoms with E-state index in [0.717, 1.165) is 0 Å². The predicted molar refractivity (Wildman–Crippen MR) is 153 cm³/mol. The van der Waals surface area contributed by atoms with E-state index in [1.165, 1.54) is 39.2 Å². The molecule has 0 aliphatic carbocycles. The van der Waals surface area contributed by atoms with E-state index in [0.29, 0.717) is 0 Å². The second-order valence-corrected chi connectivity index (χ2v) is 14.2. The maximum atomic E-state index is 2.34. The van der Waals surface area contributed by atoms with E-state index in [2.05, 4.69) is 116 Å². The van der Waals surface area contributed by atoms with Crippen LogP contribution in [0.25, 0.3) is 0 Å². The smallest absolute Gasteiger partial charge is 0.0795 e. The average Bonchev–Trinajstić information content (AvgIpc) is 2.83. The summed E-state index contributed by atoms with van der Waals surface area (Å²) in [4.78, 5) is 11.9. The second kappa shape index (κ2) is 11.1. The van der Waals surface area contributed by atoms with E-state index < -0.39 is 0 Å². The summed E-state index contributed by atoms with van der Waals surface area (Å²) < 4.78 is 0. The minimum atomic E-state index is 0. The summed E-state index contributed by atoms with van der Waals surface area (Å²) in [6.45, 7) is 0. The normalized spacial score (nSPS) is 17.4. The Kier molecular flexibility index (Phi) is 8.74. The average molecular weight is 510 g/mol. The van der Waals surface area contributed by atoms with Crippen LogP contribution in [0.1, 0.15) is 14.9 Å². The Morgan fingerprint density at radius 1 is 0.394 bits per heavy atom. The highest BCUT2D eigenvalue weighted by Crippen LogP contribution is 2.44. The lowest BCUT2D eigenvalue weighted by Gasteiger charge is -2.15. The minimum absolute atomic E-state index is 0. The Balaban J connectivity index is 0.000000175. The lowest BCUT2D eigenvalue weighted by atomic mass is 10.3. The predicted octanol–water partition coefficient (Wildman–Crippen LogP) is 8.42. The quantitative estimate of drug-likeness (QED) is 0.214. The Bertz CT molecular complexity index is 1090. The minimum Gasteiger partial charge on any atom is -0.0795 e. The molecule has 4 heteroatoms. The largest absolute Gasteiger partial charge is 0.215 e. The van der Waals surface area contributed by atoms with Gasteiger partial charge in [-0.25, -0.2) is 0 Å². The molecule has 0 unspecified atom stereocenters. The molecule has 6 rings (SSSR count). The van der Waals surface area contributed by atoms with Crippen LogP contribution in [0.5, 0.6) is 0 Å². The molecule has 0 spiro atoms. The molecule has 0 saturated heterocycles. The van der Waals surface area contributed by atoms with Crippen LogP contribution in [0.4, 0.5) is 0 Å². The highest BCUT2D eigenvalue weighted by atomic mass is 32.2. The Morgan fingerprint density at radius 3 is 0.970 bits per heavy atom. The number of hydrogen-bond acceptors (Lipinski definition) is 1. The fraction of sp³-hybridized carbons (Fsp3) is 0.172. The highest BCUT2D eigenvalue weighted by Gasteiger charge is 2.42. The molecule has 0 saturated carbocycles. The van der Waals surface area contributed by atoms with Crippen LogP contribution in [-0.4, -0.2) is 18.8 Å². The van der Waals surface area contributed by atoms with E-state index >= 15 is 0 Å². The zero-order valence-electron chi connectivity index (χ0n) is 17.9. The first-order valence-corrected chi connectivity index (χ1v) is 15.9. The first-order chi connectivity index (χ1) is 15.1. The van der Waals surface area contributed by atoms with Crippen molar-refractivity contribution in [3.8, 4) is 0 Å². The monoisotopic (exact) mass is 509 g/mol. The van der Waals surface area contributed by atoms with Crippen molar-refractivity contribution >= 4 is 44.4 Å². The molecular weight excluding hydrogens is 477 g/mol. The molecule has 0 amide bonds. The fourth-order valence-electron chi connectivity index (χ4n) is 3.96. The fourth-order valence-corrected chi connectivity index (χ4v) is 12.0. The van der Waals surface area contributed by atoms with Gasteiger partial charge in [-0.15, -0.1) is 0 Å². The van der Waals surface area contributed by atoms with Gasteiger partial charge in [0.25, 0.3) is 0 Å². The molecular formula is C29H33S4+3. The van der Waals surface area contributed by atoms with E-state index in [-0.39, 0.29) is 47.5 Å². The molecule has 170 valence electrons. The van der Waals surface area contributed by atoms with Crippen molar-refractivity contribution in [2.24, 2.45) is 0 Å². The molecule has 0 atom stereocenters. The van der Waals surface area contributed by atoms with Crippen molar-refractivity contribution in [2.75, 3.05) is 18.8 Å². The van der Waals surface area contributed by atoms with Crippen LogP contribution in [0.3, 0.4) is 0 Å². The van der Waals surface area contributed by atoms with Crippen molar-refractivity contribution < 1.29 is 0 Å². The van der Waals surface area contributed by atoms with Gasteiger partial charge in [-0.1, -0.05) is 75.1 Å². The number of rotatable bonds is 0. The number of hydrogen-bond donors (Lipinski definition) is 0. The van der Waals surface area contributed by atoms with Crippen LogP contribution in [0.15, 0.2) is 136 Å². The van der Waals surface area contributed by atoms with Crippen LogP contribution < -0.4 is 0 Å². The summed E-state index contributed by atoms with van der Waals surface area (Å²) in [5.74, 6) is 0. The van der Waals surface area contributed by atoms with Crippen molar-refractivity contribution in [3.63, 3.8) is 0 Å². The molecule has 0 aromatic heterocycles. The lowest BCUT2D eigenvalue weighted by Crippen LogP contribution is -2.18. The third kappa shape index (κ3) is 4.90. The van der Waals surface area contributed by atoms with Crippen molar-refractivity contribution in [1.82, 2.24) is 0 Å². The van der Waals surface area contributed by atoms with E-state index in [1.807, 2.05) is 11.8 Å². The molecule has 2 aliphatic heterocycles. The lowest BCUT2D eigenvalue weighted by molar-refractivity contribution is 1.12. The Hall–Kier alpha value is -1.72. The summed E-state index contributed by atoms with van der Waals surface area (Å²) in [6, 6.07) is 35.3. The topological polar surface area (TPSA) is 0 Å². The van der Waals surface area contributed by atoms with Crippen molar-refractivity contribution in [2.45, 2.75) is 54.0 Å². The van der Waals surface area contributed by atoms with Crippen LogP contribution >= 0.6 is 11.8 Å². The maximum Gasteiger partial charge on any atom is 0.215 e. The van der Waals surface area contributed by atoms with Gasteiger partial charge in [0.1, 0.15) is 18.8 Å². The van der Waals surface area contributed by atoms with Gasteiger partial charge >= 0.3 is 0 Å². The van der Waals surface area contributed by atoms with Gasteiger partial charge in [0, 0.05) is 0 Å². The molecule has 0 fully saturated rings. The van der Waals surface area contributed by atoms with Gasteiger partial charge in [-0.05, 0) is 48.5 Å². The van der Waals surface area contributed by atoms with Gasteiger partial charge in [0.15, 0.2) is 9.79 Å². The molecule has 0 radical (unpaired) electrons. The second-order valence-electron chi connectivity index (χ2n) is 7.42. The third-order valence-corrected chi connectivity index (χ3v) is 13.4. The zero-order chi connectivity index (χ0) is 21.4. The molecule has 4 aromatic carbocycles. The van der Waals surface area contributed by atoms with Gasteiger partial charge < -0.3 is 0 Å². The Morgan fingerprint density at radius 2 is 0.636 bits per heavy atom. The zero-order valence-corrected chi connectivity index (χ0v) is 21.1. The maximum absolute atomic E-state index is 2.34. The standard InChI is InChI=1S/C14H14S2.C13H11S2.2CH4/c1-15-11-7-3-5-9-13(11)16(2)14-10-6-4-8-12(14)15;1-15-12-8-4-2-6-10(12)14-11-7-3-5-9-13(11)15;;/h3-10H,1-2H3;2-9H,1H3;2*1H4/q+2;+1;;. The first-order valence-electron chi connectivity index (χ1n) is 10.2. The molecule has 0 bridgehead atoms. The number of fused-ring (bicyclic) bond motifs is 4. The SMILES string of the molecule is C.C.C[S+]1c2ccccc2Sc2ccccc21.C[S+]1c2ccccc2[S+](C)c2ccccc21. The third-order valence-electron chi connectivity index (χ3n) is 5.60. The summed E-state index contributed by atoms with van der Waals surface area (Å²) in [6.07, 6.45) is 7.00. The summed E-state index contributed by atoms with van der Waals surface area (Å²) in [5, 5.41) is 0. The number of benzene rings is 4.